The Labute approximate surface area is 168 Å². The fraction of sp³-hybridized carbons (Fsp3) is 0.211. The lowest BCUT2D eigenvalue weighted by Gasteiger charge is -2.13. The minimum Gasteiger partial charge on any atom is -0.353 e. The lowest BCUT2D eigenvalue weighted by Crippen LogP contribution is -2.21. The molecule has 0 atom stereocenters. The Hall–Kier alpha value is -2.41. The van der Waals surface area contributed by atoms with Crippen LogP contribution >= 0.6 is 23.2 Å². The number of hydrogen-bond donors (Lipinski definition) is 2. The van der Waals surface area contributed by atoms with E-state index in [1.807, 2.05) is 32.3 Å². The average Bonchev–Trinajstić information content (AvgIpc) is 2.61. The van der Waals surface area contributed by atoms with Crippen LogP contribution in [0.15, 0.2) is 48.8 Å². The number of aromatic nitrogens is 3. The molecule has 0 saturated carbocycles. The zero-order chi connectivity index (χ0) is 19.2. The molecule has 0 aliphatic heterocycles. The third-order valence-corrected chi connectivity index (χ3v) is 4.10. The number of hydrogen-bond acceptors (Lipinski definition) is 6. The molecular formula is C19H20Cl2N6. The van der Waals surface area contributed by atoms with Crippen molar-refractivity contribution in [2.45, 2.75) is 0 Å². The number of rotatable bonds is 7. The molecule has 0 unspecified atom stereocenters. The topological polar surface area (TPSA) is 66.0 Å². The van der Waals surface area contributed by atoms with Crippen LogP contribution < -0.4 is 10.6 Å². The monoisotopic (exact) mass is 402 g/mol. The molecule has 8 heteroatoms. The van der Waals surface area contributed by atoms with Crippen molar-refractivity contribution >= 4 is 40.7 Å². The van der Waals surface area contributed by atoms with Crippen LogP contribution in [0, 0.1) is 0 Å². The van der Waals surface area contributed by atoms with E-state index in [-0.39, 0.29) is 0 Å². The van der Waals surface area contributed by atoms with Crippen molar-refractivity contribution < 1.29 is 0 Å². The van der Waals surface area contributed by atoms with Gasteiger partial charge in [-0.15, -0.1) is 0 Å². The Balaban J connectivity index is 1.91. The first-order valence-electron chi connectivity index (χ1n) is 8.41. The summed E-state index contributed by atoms with van der Waals surface area (Å²) in [5.41, 5.74) is 2.42. The number of pyridine rings is 1. The molecule has 0 fully saturated rings. The van der Waals surface area contributed by atoms with Crippen LogP contribution in [0.25, 0.3) is 11.3 Å². The van der Waals surface area contributed by atoms with Crippen molar-refractivity contribution in [3.63, 3.8) is 0 Å². The van der Waals surface area contributed by atoms with Crippen LogP contribution in [-0.2, 0) is 0 Å². The maximum absolute atomic E-state index is 6.09. The molecule has 140 valence electrons. The molecule has 27 heavy (non-hydrogen) atoms. The molecule has 2 N–H and O–H groups in total. The van der Waals surface area contributed by atoms with E-state index in [1.54, 1.807) is 30.6 Å². The standard InChI is InChI=1S/C19H20Cl2N6/c1-27(2)7-6-23-19-25-17(13-4-3-5-22-12-13)11-18(26-19)24-16-9-14(20)8-15(21)10-16/h3-5,8-12H,6-7H2,1-2H3,(H2,23,24,25,26). The number of nitrogens with one attached hydrogen (secondary N) is 2. The van der Waals surface area contributed by atoms with Crippen LogP contribution in [0.2, 0.25) is 10.0 Å². The molecule has 0 spiro atoms. The van der Waals surface area contributed by atoms with Crippen LogP contribution in [0.4, 0.5) is 17.5 Å². The summed E-state index contributed by atoms with van der Waals surface area (Å²) < 4.78 is 0. The highest BCUT2D eigenvalue weighted by Crippen LogP contribution is 2.27. The van der Waals surface area contributed by atoms with E-state index in [1.165, 1.54) is 0 Å². The van der Waals surface area contributed by atoms with Gasteiger partial charge in [-0.2, -0.15) is 4.98 Å². The van der Waals surface area contributed by atoms with E-state index in [9.17, 15) is 0 Å². The summed E-state index contributed by atoms with van der Waals surface area (Å²) in [6, 6.07) is 11.0. The lowest BCUT2D eigenvalue weighted by molar-refractivity contribution is 0.425. The van der Waals surface area contributed by atoms with E-state index >= 15 is 0 Å². The van der Waals surface area contributed by atoms with E-state index < -0.39 is 0 Å². The second kappa shape index (κ2) is 8.99. The summed E-state index contributed by atoms with van der Waals surface area (Å²) in [6.07, 6.45) is 3.50. The van der Waals surface area contributed by atoms with Gasteiger partial charge < -0.3 is 15.5 Å². The molecule has 0 radical (unpaired) electrons. The van der Waals surface area contributed by atoms with E-state index in [2.05, 4.69) is 30.5 Å². The molecule has 6 nitrogen and oxygen atoms in total. The Morgan fingerprint density at radius 3 is 2.48 bits per heavy atom. The average molecular weight is 403 g/mol. The number of likely N-dealkylation sites (N-methyl/N-ethyl adjacent to an activating group) is 1. The number of halogens is 2. The quantitative estimate of drug-likeness (QED) is 0.603. The van der Waals surface area contributed by atoms with Crippen molar-refractivity contribution in [3.05, 3.63) is 58.8 Å². The van der Waals surface area contributed by atoms with Gasteiger partial charge in [-0.05, 0) is 44.4 Å². The van der Waals surface area contributed by atoms with E-state index in [0.717, 1.165) is 30.0 Å². The molecule has 1 aromatic carbocycles. The molecule has 0 amide bonds. The smallest absolute Gasteiger partial charge is 0.225 e. The van der Waals surface area contributed by atoms with Gasteiger partial charge in [-0.25, -0.2) is 4.98 Å². The van der Waals surface area contributed by atoms with Crippen LogP contribution in [-0.4, -0.2) is 47.0 Å². The predicted molar refractivity (Wildman–Crippen MR) is 112 cm³/mol. The van der Waals surface area contributed by atoms with Crippen LogP contribution in [0.3, 0.4) is 0 Å². The highest BCUT2D eigenvalue weighted by Gasteiger charge is 2.08. The molecule has 3 rings (SSSR count). The zero-order valence-corrected chi connectivity index (χ0v) is 16.6. The van der Waals surface area contributed by atoms with Gasteiger partial charge in [0.15, 0.2) is 0 Å². The highest BCUT2D eigenvalue weighted by molar-refractivity contribution is 6.35. The van der Waals surface area contributed by atoms with Crippen molar-refractivity contribution in [2.75, 3.05) is 37.8 Å². The summed E-state index contributed by atoms with van der Waals surface area (Å²) in [7, 11) is 4.04. The fourth-order valence-corrected chi connectivity index (χ4v) is 2.94. The Morgan fingerprint density at radius 1 is 1.04 bits per heavy atom. The SMILES string of the molecule is CN(C)CCNc1nc(Nc2cc(Cl)cc(Cl)c2)cc(-c2cccnc2)n1. The first kappa shape index (κ1) is 19.4. The Bertz CT molecular complexity index is 882. The van der Waals surface area contributed by atoms with Gasteiger partial charge >= 0.3 is 0 Å². The second-order valence-electron chi connectivity index (χ2n) is 6.22. The molecule has 3 aromatic rings. The number of anilines is 3. The van der Waals surface area contributed by atoms with Gasteiger partial charge in [0.05, 0.1) is 5.69 Å². The minimum atomic E-state index is 0.536. The van der Waals surface area contributed by atoms with Crippen molar-refractivity contribution in [1.29, 1.82) is 0 Å². The first-order valence-corrected chi connectivity index (χ1v) is 9.16. The molecule has 0 aliphatic rings. The van der Waals surface area contributed by atoms with Gasteiger partial charge in [0, 0.05) is 52.8 Å². The van der Waals surface area contributed by atoms with Gasteiger partial charge in [0.2, 0.25) is 5.95 Å². The van der Waals surface area contributed by atoms with Gasteiger partial charge in [-0.1, -0.05) is 23.2 Å². The molecule has 2 heterocycles. The zero-order valence-electron chi connectivity index (χ0n) is 15.1. The van der Waals surface area contributed by atoms with Crippen molar-refractivity contribution in [1.82, 2.24) is 19.9 Å². The van der Waals surface area contributed by atoms with Gasteiger partial charge in [0.25, 0.3) is 0 Å². The fourth-order valence-electron chi connectivity index (χ4n) is 2.42. The minimum absolute atomic E-state index is 0.536. The first-order chi connectivity index (χ1) is 13.0. The highest BCUT2D eigenvalue weighted by atomic mass is 35.5. The van der Waals surface area contributed by atoms with Crippen LogP contribution in [0.1, 0.15) is 0 Å². The second-order valence-corrected chi connectivity index (χ2v) is 7.09. The van der Waals surface area contributed by atoms with E-state index in [4.69, 9.17) is 23.2 Å². The maximum Gasteiger partial charge on any atom is 0.225 e. The van der Waals surface area contributed by atoms with Crippen LogP contribution in [0.5, 0.6) is 0 Å². The number of benzene rings is 1. The molecule has 0 saturated heterocycles. The third-order valence-electron chi connectivity index (χ3n) is 3.66. The van der Waals surface area contributed by atoms with Gasteiger partial charge in [0.1, 0.15) is 5.82 Å². The molecular weight excluding hydrogens is 383 g/mol. The largest absolute Gasteiger partial charge is 0.353 e. The Morgan fingerprint density at radius 2 is 1.81 bits per heavy atom. The summed E-state index contributed by atoms with van der Waals surface area (Å²) in [5.74, 6) is 1.17. The third kappa shape index (κ3) is 5.79. The summed E-state index contributed by atoms with van der Waals surface area (Å²) >= 11 is 12.2. The van der Waals surface area contributed by atoms with Crippen molar-refractivity contribution in [2.24, 2.45) is 0 Å². The normalized spacial score (nSPS) is 10.9. The maximum atomic E-state index is 6.09. The lowest BCUT2D eigenvalue weighted by atomic mass is 10.2. The summed E-state index contributed by atoms with van der Waals surface area (Å²) in [6.45, 7) is 1.60. The summed E-state index contributed by atoms with van der Waals surface area (Å²) in [4.78, 5) is 15.4. The molecule has 0 bridgehead atoms. The molecule has 2 aromatic heterocycles. The van der Waals surface area contributed by atoms with E-state index in [0.29, 0.717) is 21.8 Å². The van der Waals surface area contributed by atoms with Crippen molar-refractivity contribution in [3.8, 4) is 11.3 Å². The summed E-state index contributed by atoms with van der Waals surface area (Å²) in [5, 5.41) is 7.61. The Kier molecular flexibility index (Phi) is 6.45. The van der Waals surface area contributed by atoms with Gasteiger partial charge in [-0.3, -0.25) is 4.98 Å². The molecule has 0 aliphatic carbocycles. The predicted octanol–water partition coefficient (Wildman–Crippen LogP) is 4.56. The number of nitrogens with zero attached hydrogens (tertiary/aromatic N) is 4.